The largest absolute Gasteiger partial charge is 0.463 e. The number of carbonyl (C=O) groups excluding carboxylic acids is 2. The summed E-state index contributed by atoms with van der Waals surface area (Å²) in [5.41, 5.74) is 0. The van der Waals surface area contributed by atoms with Crippen molar-refractivity contribution < 1.29 is 36.1 Å². The summed E-state index contributed by atoms with van der Waals surface area (Å²) >= 11 is 0. The van der Waals surface area contributed by atoms with Crippen LogP contribution in [0.25, 0.3) is 0 Å². The molecule has 21 heavy (non-hydrogen) atoms. The SMILES string of the molecule is [2H]CCCCCCCC(=O)OC[C@@H](O)[C@@H](O)[C@@H](O)[C@@H](O)C=O. The lowest BCUT2D eigenvalue weighted by Crippen LogP contribution is -2.46. The highest BCUT2D eigenvalue weighted by Gasteiger charge is 2.30. The number of hydrogen-bond donors (Lipinski definition) is 4. The van der Waals surface area contributed by atoms with Gasteiger partial charge in [0.1, 0.15) is 31.0 Å². The summed E-state index contributed by atoms with van der Waals surface area (Å²) in [6.07, 6.45) is -2.58. The molecular formula is C14H26O7. The lowest BCUT2D eigenvalue weighted by atomic mass is 10.0. The van der Waals surface area contributed by atoms with Gasteiger partial charge in [0, 0.05) is 7.79 Å². The second-order valence-corrected chi connectivity index (χ2v) is 4.88. The molecule has 7 nitrogen and oxygen atoms in total. The number of carbonyl (C=O) groups is 2. The van der Waals surface area contributed by atoms with Crippen LogP contribution < -0.4 is 0 Å². The van der Waals surface area contributed by atoms with Crippen molar-refractivity contribution in [1.29, 1.82) is 0 Å². The minimum Gasteiger partial charge on any atom is -0.463 e. The van der Waals surface area contributed by atoms with Crippen molar-refractivity contribution in [2.24, 2.45) is 0 Å². The fourth-order valence-electron chi connectivity index (χ4n) is 1.66. The van der Waals surface area contributed by atoms with Crippen molar-refractivity contribution in [3.05, 3.63) is 0 Å². The van der Waals surface area contributed by atoms with E-state index in [4.69, 9.17) is 11.2 Å². The molecule has 0 saturated carbocycles. The number of aldehydes is 1. The van der Waals surface area contributed by atoms with Crippen LogP contribution >= 0.6 is 0 Å². The summed E-state index contributed by atoms with van der Waals surface area (Å²) in [6, 6.07) is 0. The number of esters is 1. The monoisotopic (exact) mass is 307 g/mol. The van der Waals surface area contributed by atoms with Gasteiger partial charge in [0.25, 0.3) is 0 Å². The van der Waals surface area contributed by atoms with E-state index in [1.54, 1.807) is 0 Å². The molecule has 0 unspecified atom stereocenters. The Labute approximate surface area is 126 Å². The average molecular weight is 307 g/mol. The standard InChI is InChI=1S/C14H26O7/c1-2-3-4-5-6-7-12(18)21-9-11(17)14(20)13(19)10(16)8-15/h8,10-11,13-14,16-17,19-20H,2-7,9H2,1H3/t10-,11+,13-,14+/m0/s1/i1D. The molecule has 4 atom stereocenters. The van der Waals surface area contributed by atoms with Crippen molar-refractivity contribution >= 4 is 12.3 Å². The molecule has 0 aliphatic carbocycles. The zero-order valence-corrected chi connectivity index (χ0v) is 12.1. The van der Waals surface area contributed by atoms with E-state index in [1.165, 1.54) is 0 Å². The Hall–Kier alpha value is -1.02. The molecule has 0 radical (unpaired) electrons. The van der Waals surface area contributed by atoms with Gasteiger partial charge in [0.05, 0.1) is 0 Å². The quantitative estimate of drug-likeness (QED) is 0.218. The fourth-order valence-corrected chi connectivity index (χ4v) is 1.66. The number of ether oxygens (including phenoxy) is 1. The predicted molar refractivity (Wildman–Crippen MR) is 74.4 cm³/mol. The molecule has 0 aromatic carbocycles. The number of rotatable bonds is 12. The predicted octanol–water partition coefficient (Wildman–Crippen LogP) is -0.467. The first-order valence-corrected chi connectivity index (χ1v) is 7.06. The van der Waals surface area contributed by atoms with E-state index in [0.717, 1.165) is 25.7 Å². The Morgan fingerprint density at radius 1 is 1.14 bits per heavy atom. The van der Waals surface area contributed by atoms with Gasteiger partial charge in [-0.2, -0.15) is 0 Å². The van der Waals surface area contributed by atoms with Crippen LogP contribution in [0.2, 0.25) is 0 Å². The van der Waals surface area contributed by atoms with Crippen molar-refractivity contribution in [2.45, 2.75) is 69.8 Å². The molecule has 124 valence electrons. The Kier molecular flexibility index (Phi) is 9.98. The average Bonchev–Trinajstić information content (AvgIpc) is 2.53. The molecule has 0 amide bonds. The van der Waals surface area contributed by atoms with Crippen LogP contribution in [0.5, 0.6) is 0 Å². The van der Waals surface area contributed by atoms with E-state index >= 15 is 0 Å². The van der Waals surface area contributed by atoms with E-state index in [0.29, 0.717) is 13.3 Å². The van der Waals surface area contributed by atoms with Crippen molar-refractivity contribution in [3.63, 3.8) is 0 Å². The van der Waals surface area contributed by atoms with Crippen LogP contribution in [0.1, 0.15) is 46.8 Å². The maximum atomic E-state index is 11.4. The van der Waals surface area contributed by atoms with Gasteiger partial charge in [-0.25, -0.2) is 0 Å². The normalized spacial score (nSPS) is 17.4. The van der Waals surface area contributed by atoms with Crippen LogP contribution in [0.4, 0.5) is 0 Å². The first-order valence-electron chi connectivity index (χ1n) is 7.77. The summed E-state index contributed by atoms with van der Waals surface area (Å²) in [5.74, 6) is -0.530. The van der Waals surface area contributed by atoms with E-state index in [2.05, 4.69) is 0 Å². The molecular weight excluding hydrogens is 280 g/mol. The van der Waals surface area contributed by atoms with Gasteiger partial charge < -0.3 is 30.0 Å². The molecule has 0 saturated heterocycles. The zero-order chi connectivity index (χ0) is 17.0. The van der Waals surface area contributed by atoms with Crippen molar-refractivity contribution in [1.82, 2.24) is 0 Å². The molecule has 0 heterocycles. The molecule has 0 aliphatic heterocycles. The number of hydrogen-bond acceptors (Lipinski definition) is 7. The lowest BCUT2D eigenvalue weighted by molar-refractivity contribution is -0.156. The Balaban J connectivity index is 3.82. The third-order valence-corrected chi connectivity index (χ3v) is 3.03. The highest BCUT2D eigenvalue weighted by molar-refractivity contribution is 5.69. The number of aliphatic hydroxyl groups is 4. The first kappa shape index (κ1) is 18.0. The molecule has 4 N–H and O–H groups in total. The van der Waals surface area contributed by atoms with Gasteiger partial charge in [-0.15, -0.1) is 0 Å². The third kappa shape index (κ3) is 8.77. The molecule has 0 aromatic rings. The molecule has 0 aliphatic rings. The molecule has 7 heteroatoms. The molecule has 0 fully saturated rings. The van der Waals surface area contributed by atoms with E-state index in [1.807, 2.05) is 0 Å². The van der Waals surface area contributed by atoms with Gasteiger partial charge in [-0.05, 0) is 6.42 Å². The van der Waals surface area contributed by atoms with E-state index in [-0.39, 0.29) is 12.7 Å². The maximum absolute atomic E-state index is 11.4. The summed E-state index contributed by atoms with van der Waals surface area (Å²) in [6.45, 7) is -0.117. The van der Waals surface area contributed by atoms with E-state index < -0.39 is 37.0 Å². The van der Waals surface area contributed by atoms with Gasteiger partial charge in [-0.1, -0.05) is 32.6 Å². The first-order chi connectivity index (χ1) is 10.4. The van der Waals surface area contributed by atoms with Crippen molar-refractivity contribution in [3.8, 4) is 0 Å². The van der Waals surface area contributed by atoms with Gasteiger partial charge >= 0.3 is 5.97 Å². The van der Waals surface area contributed by atoms with E-state index in [9.17, 15) is 24.9 Å². The number of aliphatic hydroxyl groups excluding tert-OH is 4. The summed E-state index contributed by atoms with van der Waals surface area (Å²) in [4.78, 5) is 21.7. The van der Waals surface area contributed by atoms with Crippen molar-refractivity contribution in [2.75, 3.05) is 6.61 Å². The van der Waals surface area contributed by atoms with Crippen LogP contribution in [-0.4, -0.2) is 63.7 Å². The van der Waals surface area contributed by atoms with Gasteiger partial charge in [-0.3, -0.25) is 4.79 Å². The molecule has 0 bridgehead atoms. The minimum atomic E-state index is -1.84. The summed E-state index contributed by atoms with van der Waals surface area (Å²) in [7, 11) is 0. The Bertz CT molecular complexity index is 314. The lowest BCUT2D eigenvalue weighted by Gasteiger charge is -2.23. The van der Waals surface area contributed by atoms with Gasteiger partial charge in [0.15, 0.2) is 6.29 Å². The maximum Gasteiger partial charge on any atom is 0.305 e. The van der Waals surface area contributed by atoms with Crippen LogP contribution in [0.3, 0.4) is 0 Å². The molecule has 0 rings (SSSR count). The molecule has 0 spiro atoms. The van der Waals surface area contributed by atoms with Crippen LogP contribution in [-0.2, 0) is 14.3 Å². The summed E-state index contributed by atoms with van der Waals surface area (Å²) < 4.78 is 11.7. The Morgan fingerprint density at radius 2 is 1.81 bits per heavy atom. The van der Waals surface area contributed by atoms with Crippen LogP contribution in [0.15, 0.2) is 0 Å². The Morgan fingerprint density at radius 3 is 2.43 bits per heavy atom. The third-order valence-electron chi connectivity index (χ3n) is 3.03. The topological polar surface area (TPSA) is 124 Å². The summed E-state index contributed by atoms with van der Waals surface area (Å²) in [5, 5.41) is 37.3. The van der Waals surface area contributed by atoms with Gasteiger partial charge in [0.2, 0.25) is 0 Å². The minimum absolute atomic E-state index is 0.0351. The zero-order valence-electron chi connectivity index (χ0n) is 13.1. The van der Waals surface area contributed by atoms with Crippen LogP contribution in [0, 0.1) is 0 Å². The molecule has 0 aromatic heterocycles. The highest BCUT2D eigenvalue weighted by atomic mass is 16.5. The fraction of sp³-hybridized carbons (Fsp3) is 0.857. The second-order valence-electron chi connectivity index (χ2n) is 4.88. The number of unbranched alkanes of at least 4 members (excludes halogenated alkanes) is 4. The smallest absolute Gasteiger partial charge is 0.305 e. The second kappa shape index (κ2) is 11.6. The highest BCUT2D eigenvalue weighted by Crippen LogP contribution is 2.08.